The van der Waals surface area contributed by atoms with Crippen LogP contribution in [0.4, 0.5) is 35.0 Å². The molecule has 6 N–H and O–H groups in total. The second-order valence-corrected chi connectivity index (χ2v) is 30.0. The predicted octanol–water partition coefficient (Wildman–Crippen LogP) is 14.6. The summed E-state index contributed by atoms with van der Waals surface area (Å²) in [6.45, 7) is 20.9. The van der Waals surface area contributed by atoms with Gasteiger partial charge in [-0.1, -0.05) is 144 Å². The molecule has 3 saturated heterocycles. The van der Waals surface area contributed by atoms with E-state index >= 15 is 0 Å². The Hall–Kier alpha value is -13.3. The Balaban J connectivity index is 0.000000151. The minimum atomic E-state index is -0.859. The number of ketones is 3. The van der Waals surface area contributed by atoms with Gasteiger partial charge in [-0.15, -0.1) is 0 Å². The van der Waals surface area contributed by atoms with Crippen LogP contribution in [-0.4, -0.2) is 148 Å². The largest absolute Gasteiger partial charge is 0.383 e. The molecule has 594 valence electrons. The molecule has 116 heavy (non-hydrogen) atoms. The van der Waals surface area contributed by atoms with Crippen LogP contribution in [0.25, 0.3) is 66.9 Å². The van der Waals surface area contributed by atoms with Crippen LogP contribution in [0.5, 0.6) is 0 Å². The first-order valence-electron chi connectivity index (χ1n) is 38.5. The van der Waals surface area contributed by atoms with Crippen molar-refractivity contribution in [2.75, 3.05) is 56.5 Å². The standard InChI is InChI=1S/C32H36N6O2.2C28H26F2N6O2/c1-5-27(40)37-18-6-7-25(19-37)38-31-28(30(33)34-20-35-31)29(36-38)23-11-8-21(9-12-23)10-17-26(39)22-13-15-24(16-14-22)32(2,3)4;1-2-23(38)35-14-4-5-19(15-35)36-28-25(27(31)32-16-33-28)26(34-36)18-11-8-17(9-12-18)10-13-22(37)24-20(29)6-3-7-21(24)30;1-2-24(38)35-13-3-4-20(15-35)36-28-25(27(31)32-16-33-28)26(34-36)18-8-5-17(6-9-18)7-12-23(37)21-14-19(29)10-11-22(21)30/h5,8-9,11-16,20,25H,1,6-7,10,17-19H2,2-4H3,(H2,33,34,35);2-3,6-9,11-12,16,19H,1,4-5,10,13-15H2,(H2,31,32,33);2,5-6,8-11,14,16,20H,1,3-4,7,12-13,15H2,(H2,31,32,33)/t25-;19-;20-/m111/s1. The van der Waals surface area contributed by atoms with Crippen molar-refractivity contribution in [2.45, 2.75) is 121 Å². The number of fused-ring (bicyclic) bond motifs is 3. The summed E-state index contributed by atoms with van der Waals surface area (Å²) in [5, 5.41) is 16.6. The molecule has 24 nitrogen and oxygen atoms in total. The third kappa shape index (κ3) is 17.9. The van der Waals surface area contributed by atoms with Crippen LogP contribution in [0.3, 0.4) is 0 Å². The van der Waals surface area contributed by atoms with E-state index in [2.05, 4.69) is 70.4 Å². The third-order valence-corrected chi connectivity index (χ3v) is 21.4. The number of rotatable bonds is 21. The molecule has 6 aromatic carbocycles. The van der Waals surface area contributed by atoms with Gasteiger partial charge >= 0.3 is 0 Å². The highest BCUT2D eigenvalue weighted by Crippen LogP contribution is 2.39. The topological polar surface area (TPSA) is 321 Å². The summed E-state index contributed by atoms with van der Waals surface area (Å²) in [6, 6.07) is 36.9. The Morgan fingerprint density at radius 3 is 1.15 bits per heavy atom. The average molecular weight is 1570 g/mol. The molecular formula is C88H88F4N18O6. The van der Waals surface area contributed by atoms with Gasteiger partial charge in [0, 0.05) is 80.8 Å². The molecule has 3 aliphatic rings. The zero-order valence-corrected chi connectivity index (χ0v) is 64.6. The van der Waals surface area contributed by atoms with Crippen molar-refractivity contribution in [1.82, 2.24) is 73.9 Å². The van der Waals surface area contributed by atoms with Gasteiger partial charge in [-0.2, -0.15) is 15.3 Å². The van der Waals surface area contributed by atoms with E-state index in [0.29, 0.717) is 133 Å². The lowest BCUT2D eigenvalue weighted by molar-refractivity contribution is -0.128. The Kier molecular flexibility index (Phi) is 24.7. The second kappa shape index (κ2) is 35.4. The zero-order chi connectivity index (χ0) is 82.1. The first kappa shape index (κ1) is 80.8. The van der Waals surface area contributed by atoms with E-state index in [-0.39, 0.29) is 65.5 Å². The zero-order valence-electron chi connectivity index (χ0n) is 64.6. The van der Waals surface area contributed by atoms with Crippen molar-refractivity contribution in [2.24, 2.45) is 0 Å². The number of hydrogen-bond donors (Lipinski definition) is 3. The first-order chi connectivity index (χ1) is 55.9. The Labute approximate surface area is 666 Å². The summed E-state index contributed by atoms with van der Waals surface area (Å²) in [5.74, 6) is -3.35. The molecule has 0 saturated carbocycles. The molecule has 3 aliphatic heterocycles. The highest BCUT2D eigenvalue weighted by Gasteiger charge is 2.33. The number of Topliss-reactive ketones (excluding diaryl/α,β-unsaturated/α-hetero) is 3. The van der Waals surface area contributed by atoms with Gasteiger partial charge in [0.2, 0.25) is 17.7 Å². The monoisotopic (exact) mass is 1570 g/mol. The molecule has 3 fully saturated rings. The van der Waals surface area contributed by atoms with Crippen molar-refractivity contribution in [1.29, 1.82) is 0 Å². The molecule has 3 amide bonds. The molecule has 6 aromatic heterocycles. The van der Waals surface area contributed by atoms with Crippen molar-refractivity contribution < 1.29 is 46.3 Å². The molecule has 0 aliphatic carbocycles. The molecule has 9 heterocycles. The van der Waals surface area contributed by atoms with E-state index in [4.69, 9.17) is 32.5 Å². The number of halogens is 4. The number of hydrogen-bond acceptors (Lipinski definition) is 18. The Morgan fingerprint density at radius 2 is 0.793 bits per heavy atom. The number of nitrogens with zero attached hydrogens (tertiary/aromatic N) is 15. The second-order valence-electron chi connectivity index (χ2n) is 30.0. The molecule has 0 unspecified atom stereocenters. The fourth-order valence-corrected chi connectivity index (χ4v) is 15.1. The van der Waals surface area contributed by atoms with Crippen LogP contribution in [0, 0.1) is 23.3 Å². The molecule has 3 atom stereocenters. The van der Waals surface area contributed by atoms with Crippen LogP contribution < -0.4 is 17.2 Å². The molecular weight excluding hydrogens is 1480 g/mol. The van der Waals surface area contributed by atoms with Crippen LogP contribution in [0.2, 0.25) is 0 Å². The summed E-state index contributed by atoms with van der Waals surface area (Å²) < 4.78 is 60.8. The van der Waals surface area contributed by atoms with Crippen LogP contribution in [0.15, 0.2) is 190 Å². The number of amides is 3. The molecule has 0 radical (unpaired) electrons. The molecule has 12 aromatic rings. The van der Waals surface area contributed by atoms with Crippen molar-refractivity contribution in [3.05, 3.63) is 253 Å². The highest BCUT2D eigenvalue weighted by molar-refractivity contribution is 6.02. The van der Waals surface area contributed by atoms with E-state index in [1.54, 1.807) is 14.7 Å². The van der Waals surface area contributed by atoms with Crippen LogP contribution >= 0.6 is 0 Å². The lowest BCUT2D eigenvalue weighted by atomic mass is 9.86. The number of carbonyl (C=O) groups is 6. The Morgan fingerprint density at radius 1 is 0.440 bits per heavy atom. The number of carbonyl (C=O) groups excluding carboxylic acids is 6. The lowest BCUT2D eigenvalue weighted by Gasteiger charge is -2.32. The fourth-order valence-electron chi connectivity index (χ4n) is 15.1. The van der Waals surface area contributed by atoms with Gasteiger partial charge in [0.15, 0.2) is 34.3 Å². The summed E-state index contributed by atoms with van der Waals surface area (Å²) >= 11 is 0. The number of benzene rings is 6. The summed E-state index contributed by atoms with van der Waals surface area (Å²) in [4.78, 5) is 106. The molecule has 28 heteroatoms. The maximum Gasteiger partial charge on any atom is 0.246 e. The number of anilines is 3. The number of aromatic nitrogens is 12. The fraction of sp³-hybridized carbons (Fsp3) is 0.284. The van der Waals surface area contributed by atoms with Crippen LogP contribution in [-0.2, 0) is 39.1 Å². The van der Waals surface area contributed by atoms with E-state index in [1.165, 1.54) is 48.8 Å². The normalized spacial score (nSPS) is 15.6. The number of piperidine rings is 3. The van der Waals surface area contributed by atoms with Crippen molar-refractivity contribution in [3.63, 3.8) is 0 Å². The van der Waals surface area contributed by atoms with Crippen LogP contribution in [0.1, 0.15) is 150 Å². The summed E-state index contributed by atoms with van der Waals surface area (Å²) in [6.07, 6.45) is 15.1. The summed E-state index contributed by atoms with van der Waals surface area (Å²) in [7, 11) is 0. The lowest BCUT2D eigenvalue weighted by Crippen LogP contribution is -2.40. The van der Waals surface area contributed by atoms with E-state index in [0.717, 1.165) is 108 Å². The Bertz CT molecular complexity index is 5700. The molecule has 15 rings (SSSR count). The van der Waals surface area contributed by atoms with E-state index < -0.39 is 40.4 Å². The van der Waals surface area contributed by atoms with Gasteiger partial charge in [-0.25, -0.2) is 61.5 Å². The maximum absolute atomic E-state index is 13.9. The minimum Gasteiger partial charge on any atom is -0.383 e. The highest BCUT2D eigenvalue weighted by atomic mass is 19.1. The van der Waals surface area contributed by atoms with Gasteiger partial charge < -0.3 is 31.9 Å². The average Bonchev–Trinajstić information content (AvgIpc) is 1.62. The number of likely N-dealkylation sites (tertiary alicyclic amines) is 3. The van der Waals surface area contributed by atoms with E-state index in [9.17, 15) is 46.3 Å². The smallest absolute Gasteiger partial charge is 0.246 e. The maximum atomic E-state index is 13.9. The predicted molar refractivity (Wildman–Crippen MR) is 436 cm³/mol. The van der Waals surface area contributed by atoms with Gasteiger partial charge in [0.05, 0.1) is 45.4 Å². The van der Waals surface area contributed by atoms with Gasteiger partial charge in [0.1, 0.15) is 76.8 Å². The van der Waals surface area contributed by atoms with E-state index in [1.807, 2.05) is 111 Å². The summed E-state index contributed by atoms with van der Waals surface area (Å²) in [5.41, 5.74) is 29.1. The third-order valence-electron chi connectivity index (χ3n) is 21.4. The SMILES string of the molecule is C=CC(=O)N1CCC[C@@H](n2nc(-c3ccc(CCC(=O)c4c(F)cccc4F)cc3)c3c(N)ncnc32)C1.C=CC(=O)N1CCC[C@@H](n2nc(-c3ccc(CCC(=O)c4cc(F)ccc4F)cc3)c3c(N)ncnc32)C1.C=CC(=O)N1CCC[C@@H](n2nc(-c3ccc(CCC(=O)c4ccc(C(C)(C)C)cc4)cc3)c3c(N)ncnc32)C1. The number of nitrogen functional groups attached to an aromatic ring is 3. The van der Waals surface area contributed by atoms with Gasteiger partial charge in [0.25, 0.3) is 0 Å². The number of nitrogens with two attached hydrogens (primary N) is 3. The molecule has 0 bridgehead atoms. The van der Waals surface area contributed by atoms with Crippen molar-refractivity contribution >= 4 is 85.6 Å². The quantitative estimate of drug-likeness (QED) is 0.0342. The number of aryl methyl sites for hydroxylation is 3. The van der Waals surface area contributed by atoms with Crippen molar-refractivity contribution in [3.8, 4) is 33.8 Å². The van der Waals surface area contributed by atoms with Gasteiger partial charge in [-0.3, -0.25) is 28.8 Å². The molecule has 0 spiro atoms. The minimum absolute atomic E-state index is 0.0223. The van der Waals surface area contributed by atoms with Gasteiger partial charge in [-0.05, 0) is 134 Å². The first-order valence-corrected chi connectivity index (χ1v) is 38.5.